The van der Waals surface area contributed by atoms with Gasteiger partial charge in [-0.1, -0.05) is 37.8 Å². The van der Waals surface area contributed by atoms with Gasteiger partial charge in [0.1, 0.15) is 0 Å². The molecular formula is C24H34N4O. The van der Waals surface area contributed by atoms with Crippen LogP contribution >= 0.6 is 0 Å². The number of carbonyl (C=O) groups excluding carboxylic acids is 1. The number of amides is 1. The Balaban J connectivity index is 1.34. The van der Waals surface area contributed by atoms with Gasteiger partial charge in [-0.2, -0.15) is 5.10 Å². The fraction of sp³-hybridized carbons (Fsp3) is 0.583. The summed E-state index contributed by atoms with van der Waals surface area (Å²) in [5.41, 5.74) is 4.02. The molecule has 1 aromatic heterocycles. The largest absolute Gasteiger partial charge is 0.348 e. The summed E-state index contributed by atoms with van der Waals surface area (Å²) in [5.74, 6) is 0.0490. The number of carbonyl (C=O) groups is 1. The molecule has 1 aliphatic carbocycles. The normalized spacial score (nSPS) is 21.2. The molecule has 1 atom stereocenters. The van der Waals surface area contributed by atoms with E-state index in [1.165, 1.54) is 38.5 Å². The number of nitrogens with zero attached hydrogens (tertiary/aromatic N) is 3. The van der Waals surface area contributed by atoms with Crippen LogP contribution in [0.5, 0.6) is 0 Å². The first-order valence-corrected chi connectivity index (χ1v) is 11.2. The monoisotopic (exact) mass is 394 g/mol. The zero-order valence-electron chi connectivity index (χ0n) is 17.9. The molecule has 1 aromatic carbocycles. The summed E-state index contributed by atoms with van der Waals surface area (Å²) in [6.07, 6.45) is 9.22. The van der Waals surface area contributed by atoms with Gasteiger partial charge in [0, 0.05) is 36.4 Å². The minimum Gasteiger partial charge on any atom is -0.348 e. The Hall–Kier alpha value is -2.14. The van der Waals surface area contributed by atoms with Gasteiger partial charge in [-0.15, -0.1) is 0 Å². The van der Waals surface area contributed by atoms with E-state index in [2.05, 4.69) is 34.4 Å². The average molecular weight is 395 g/mol. The van der Waals surface area contributed by atoms with Crippen LogP contribution in [0.15, 0.2) is 30.3 Å². The summed E-state index contributed by atoms with van der Waals surface area (Å²) in [7, 11) is 0. The van der Waals surface area contributed by atoms with Crippen LogP contribution in [0.2, 0.25) is 0 Å². The van der Waals surface area contributed by atoms with Crippen molar-refractivity contribution in [1.29, 1.82) is 0 Å². The summed E-state index contributed by atoms with van der Waals surface area (Å²) in [4.78, 5) is 15.5. The molecule has 1 saturated heterocycles. The lowest BCUT2D eigenvalue weighted by Crippen LogP contribution is -2.39. The minimum atomic E-state index is 0.0490. The van der Waals surface area contributed by atoms with Crippen LogP contribution in [-0.2, 0) is 6.54 Å². The number of benzene rings is 1. The van der Waals surface area contributed by atoms with Crippen LogP contribution in [0.3, 0.4) is 0 Å². The Bertz CT molecular complexity index is 835. The molecule has 1 N–H and O–H groups in total. The van der Waals surface area contributed by atoms with E-state index in [4.69, 9.17) is 0 Å². The van der Waals surface area contributed by atoms with Gasteiger partial charge < -0.3 is 5.32 Å². The van der Waals surface area contributed by atoms with Gasteiger partial charge in [0.15, 0.2) is 0 Å². The van der Waals surface area contributed by atoms with E-state index in [9.17, 15) is 4.79 Å². The Morgan fingerprint density at radius 1 is 1.10 bits per heavy atom. The summed E-state index contributed by atoms with van der Waals surface area (Å²) in [5, 5.41) is 7.82. The number of likely N-dealkylation sites (tertiary alicyclic amines) is 1. The number of hydrogen-bond acceptors (Lipinski definition) is 3. The van der Waals surface area contributed by atoms with Crippen LogP contribution in [-0.4, -0.2) is 45.8 Å². The molecule has 0 radical (unpaired) electrons. The molecule has 1 amide bonds. The molecule has 1 unspecified atom stereocenters. The highest BCUT2D eigenvalue weighted by Crippen LogP contribution is 2.25. The van der Waals surface area contributed by atoms with Crippen molar-refractivity contribution in [3.8, 4) is 0 Å². The fourth-order valence-electron chi connectivity index (χ4n) is 4.95. The summed E-state index contributed by atoms with van der Waals surface area (Å²) >= 11 is 0. The molecule has 0 bridgehead atoms. The molecule has 156 valence electrons. The molecule has 5 nitrogen and oxygen atoms in total. The molecule has 5 heteroatoms. The number of nitrogens with one attached hydrogen (secondary N) is 1. The van der Waals surface area contributed by atoms with Crippen molar-refractivity contribution >= 4 is 5.91 Å². The van der Waals surface area contributed by atoms with E-state index in [1.54, 1.807) is 0 Å². The zero-order chi connectivity index (χ0) is 20.2. The molecule has 0 spiro atoms. The predicted octanol–water partition coefficient (Wildman–Crippen LogP) is 4.08. The maximum atomic E-state index is 12.9. The van der Waals surface area contributed by atoms with Crippen molar-refractivity contribution < 1.29 is 4.79 Å². The molecule has 2 fully saturated rings. The van der Waals surface area contributed by atoms with E-state index >= 15 is 0 Å². The predicted molar refractivity (Wildman–Crippen MR) is 116 cm³/mol. The van der Waals surface area contributed by atoms with Gasteiger partial charge >= 0.3 is 0 Å². The highest BCUT2D eigenvalue weighted by Gasteiger charge is 2.29. The molecule has 2 aliphatic rings. The quantitative estimate of drug-likeness (QED) is 0.778. The van der Waals surface area contributed by atoms with Crippen LogP contribution < -0.4 is 5.32 Å². The van der Waals surface area contributed by atoms with Crippen LogP contribution in [0.1, 0.15) is 72.3 Å². The summed E-state index contributed by atoms with van der Waals surface area (Å²) < 4.78 is 1.99. The first kappa shape index (κ1) is 20.1. The lowest BCUT2D eigenvalue weighted by molar-refractivity contribution is 0.0935. The highest BCUT2D eigenvalue weighted by molar-refractivity contribution is 5.94. The molecule has 2 heterocycles. The first-order chi connectivity index (χ1) is 14.1. The molecule has 1 saturated carbocycles. The van der Waals surface area contributed by atoms with Crippen molar-refractivity contribution in [1.82, 2.24) is 20.0 Å². The van der Waals surface area contributed by atoms with Crippen molar-refractivity contribution in [2.24, 2.45) is 0 Å². The smallest absolute Gasteiger partial charge is 0.251 e. The van der Waals surface area contributed by atoms with Crippen LogP contribution in [0.25, 0.3) is 0 Å². The Labute approximate surface area is 174 Å². The van der Waals surface area contributed by atoms with Crippen molar-refractivity contribution in [2.45, 2.75) is 77.4 Å². The Morgan fingerprint density at radius 2 is 1.90 bits per heavy atom. The van der Waals surface area contributed by atoms with Gasteiger partial charge in [-0.05, 0) is 56.9 Å². The van der Waals surface area contributed by atoms with Crippen LogP contribution in [0.4, 0.5) is 0 Å². The number of hydrogen-bond donors (Lipinski definition) is 1. The molecule has 29 heavy (non-hydrogen) atoms. The maximum Gasteiger partial charge on any atom is 0.251 e. The SMILES string of the molecule is Cc1cc(C)n(Cc2cccc(C(=O)NC3CCN(C4CCCCCC4)C3)c2)n1. The van der Waals surface area contributed by atoms with E-state index in [1.807, 2.05) is 29.8 Å². The Kier molecular flexibility index (Phi) is 6.34. The molecule has 2 aromatic rings. The second-order valence-corrected chi connectivity index (χ2v) is 8.88. The van der Waals surface area contributed by atoms with E-state index in [0.29, 0.717) is 6.54 Å². The zero-order valence-corrected chi connectivity index (χ0v) is 17.9. The van der Waals surface area contributed by atoms with Crippen LogP contribution in [0, 0.1) is 13.8 Å². The second kappa shape index (κ2) is 9.12. The number of aryl methyl sites for hydroxylation is 2. The highest BCUT2D eigenvalue weighted by atomic mass is 16.1. The fourth-order valence-corrected chi connectivity index (χ4v) is 4.95. The minimum absolute atomic E-state index is 0.0490. The molecule has 1 aliphatic heterocycles. The number of rotatable bonds is 5. The average Bonchev–Trinajstić information content (AvgIpc) is 3.17. The Morgan fingerprint density at radius 3 is 2.62 bits per heavy atom. The van der Waals surface area contributed by atoms with Gasteiger partial charge in [0.25, 0.3) is 5.91 Å². The van der Waals surface area contributed by atoms with Gasteiger partial charge in [-0.25, -0.2) is 0 Å². The van der Waals surface area contributed by atoms with Gasteiger partial charge in [0.2, 0.25) is 0 Å². The summed E-state index contributed by atoms with van der Waals surface area (Å²) in [6, 6.07) is 11.0. The van der Waals surface area contributed by atoms with E-state index in [0.717, 1.165) is 48.1 Å². The molecular weight excluding hydrogens is 360 g/mol. The van der Waals surface area contributed by atoms with E-state index < -0.39 is 0 Å². The third-order valence-corrected chi connectivity index (χ3v) is 6.52. The van der Waals surface area contributed by atoms with Gasteiger partial charge in [-0.3, -0.25) is 14.4 Å². The maximum absolute atomic E-state index is 12.9. The van der Waals surface area contributed by atoms with Crippen molar-refractivity contribution in [3.05, 3.63) is 52.8 Å². The standard InChI is InChI=1S/C24H34N4O/c1-18-14-19(2)28(26-18)16-20-8-7-9-21(15-20)24(29)25-22-12-13-27(17-22)23-10-5-3-4-6-11-23/h7-9,14-15,22-23H,3-6,10-13,16-17H2,1-2H3,(H,25,29). The van der Waals surface area contributed by atoms with Gasteiger partial charge in [0.05, 0.1) is 12.2 Å². The second-order valence-electron chi connectivity index (χ2n) is 8.88. The van der Waals surface area contributed by atoms with Crippen molar-refractivity contribution in [2.75, 3.05) is 13.1 Å². The van der Waals surface area contributed by atoms with Crippen molar-refractivity contribution in [3.63, 3.8) is 0 Å². The third-order valence-electron chi connectivity index (χ3n) is 6.52. The lowest BCUT2D eigenvalue weighted by Gasteiger charge is -2.26. The topological polar surface area (TPSA) is 50.2 Å². The number of aromatic nitrogens is 2. The lowest BCUT2D eigenvalue weighted by atomic mass is 10.1. The van der Waals surface area contributed by atoms with E-state index in [-0.39, 0.29) is 11.9 Å². The summed E-state index contributed by atoms with van der Waals surface area (Å²) in [6.45, 7) is 6.89. The molecule has 4 rings (SSSR count). The first-order valence-electron chi connectivity index (χ1n) is 11.2. The third kappa shape index (κ3) is 5.08.